The van der Waals surface area contributed by atoms with E-state index in [2.05, 4.69) is 21.2 Å². The van der Waals surface area contributed by atoms with Crippen LogP contribution in [0.5, 0.6) is 5.75 Å². The number of halogens is 1. The fourth-order valence-corrected chi connectivity index (χ4v) is 3.75. The summed E-state index contributed by atoms with van der Waals surface area (Å²) in [6, 6.07) is 17.1. The number of piperidine rings is 1. The first kappa shape index (κ1) is 20.4. The summed E-state index contributed by atoms with van der Waals surface area (Å²) >= 11 is 3.51. The Bertz CT molecular complexity index is 789. The van der Waals surface area contributed by atoms with Crippen LogP contribution in [0.25, 0.3) is 0 Å². The molecule has 2 aromatic rings. The van der Waals surface area contributed by atoms with Crippen molar-refractivity contribution in [3.8, 4) is 5.75 Å². The molecule has 1 aliphatic heterocycles. The highest BCUT2D eigenvalue weighted by molar-refractivity contribution is 9.10. The van der Waals surface area contributed by atoms with Crippen molar-refractivity contribution in [2.75, 3.05) is 19.6 Å². The van der Waals surface area contributed by atoms with Crippen LogP contribution in [0.3, 0.4) is 0 Å². The smallest absolute Gasteiger partial charge is 0.410 e. The quantitative estimate of drug-likeness (QED) is 0.717. The number of carbonyl (C=O) groups excluding carboxylic acids is 2. The van der Waals surface area contributed by atoms with Gasteiger partial charge in [-0.05, 0) is 48.9 Å². The second-order valence-corrected chi connectivity index (χ2v) is 7.86. The van der Waals surface area contributed by atoms with Gasteiger partial charge in [-0.25, -0.2) is 4.79 Å². The molecule has 1 aliphatic rings. The highest BCUT2D eigenvalue weighted by Gasteiger charge is 2.24. The van der Waals surface area contributed by atoms with E-state index in [4.69, 9.17) is 4.74 Å². The molecule has 0 spiro atoms. The zero-order valence-corrected chi connectivity index (χ0v) is 17.4. The first-order chi connectivity index (χ1) is 13.6. The Labute approximate surface area is 174 Å². The summed E-state index contributed by atoms with van der Waals surface area (Å²) < 4.78 is 6.42. The molecule has 0 saturated carbocycles. The van der Waals surface area contributed by atoms with Crippen molar-refractivity contribution in [1.29, 1.82) is 0 Å². The van der Waals surface area contributed by atoms with Gasteiger partial charge in [-0.15, -0.1) is 0 Å². The van der Waals surface area contributed by atoms with Crippen LogP contribution < -0.4 is 10.1 Å². The molecule has 148 valence electrons. The summed E-state index contributed by atoms with van der Waals surface area (Å²) in [6.07, 6.45) is 2.63. The van der Waals surface area contributed by atoms with Crippen molar-refractivity contribution in [1.82, 2.24) is 10.2 Å². The van der Waals surface area contributed by atoms with Gasteiger partial charge in [0.1, 0.15) is 5.75 Å². The first-order valence-electron chi connectivity index (χ1n) is 9.63. The van der Waals surface area contributed by atoms with Gasteiger partial charge in [-0.1, -0.05) is 52.3 Å². The van der Waals surface area contributed by atoms with Crippen LogP contribution in [0.1, 0.15) is 24.8 Å². The van der Waals surface area contributed by atoms with Gasteiger partial charge in [-0.2, -0.15) is 0 Å². The summed E-state index contributed by atoms with van der Waals surface area (Å²) in [6.45, 7) is 1.97. The molecule has 5 nitrogen and oxygen atoms in total. The number of nitrogens with one attached hydrogen (secondary N) is 1. The number of benzene rings is 2. The lowest BCUT2D eigenvalue weighted by atomic mass is 9.97. The SMILES string of the molecule is O=C(CCc1ccccc1Br)NCC1CCN(C(=O)Oc2ccccc2)CC1. The minimum atomic E-state index is -0.304. The maximum absolute atomic E-state index is 12.2. The summed E-state index contributed by atoms with van der Waals surface area (Å²) in [5, 5.41) is 3.04. The molecule has 1 heterocycles. The normalized spacial score (nSPS) is 14.5. The number of hydrogen-bond donors (Lipinski definition) is 1. The van der Waals surface area contributed by atoms with Crippen LogP contribution in [0.2, 0.25) is 0 Å². The van der Waals surface area contributed by atoms with Crippen molar-refractivity contribution in [3.63, 3.8) is 0 Å². The summed E-state index contributed by atoms with van der Waals surface area (Å²) in [5.74, 6) is 1.03. The Morgan fingerprint density at radius 1 is 1.04 bits per heavy atom. The Hall–Kier alpha value is -2.34. The molecule has 1 saturated heterocycles. The predicted molar refractivity (Wildman–Crippen MR) is 112 cm³/mol. The molecule has 2 aromatic carbocycles. The lowest BCUT2D eigenvalue weighted by Crippen LogP contribution is -2.42. The van der Waals surface area contributed by atoms with E-state index in [1.807, 2.05) is 42.5 Å². The second kappa shape index (κ2) is 10.3. The maximum atomic E-state index is 12.2. The van der Waals surface area contributed by atoms with Crippen LogP contribution in [0, 0.1) is 5.92 Å². The number of likely N-dealkylation sites (tertiary alicyclic amines) is 1. The Morgan fingerprint density at radius 3 is 2.43 bits per heavy atom. The number of aryl methyl sites for hydroxylation is 1. The van der Waals surface area contributed by atoms with Crippen LogP contribution >= 0.6 is 15.9 Å². The fourth-order valence-electron chi connectivity index (χ4n) is 3.27. The lowest BCUT2D eigenvalue weighted by Gasteiger charge is -2.31. The molecule has 6 heteroatoms. The standard InChI is InChI=1S/C22H25BrN2O3/c23-20-9-5-4-6-18(20)10-11-21(26)24-16-17-12-14-25(15-13-17)22(27)28-19-7-2-1-3-8-19/h1-9,17H,10-16H2,(H,24,26). The number of amides is 2. The minimum Gasteiger partial charge on any atom is -0.410 e. The average molecular weight is 445 g/mol. The number of para-hydroxylation sites is 1. The van der Waals surface area contributed by atoms with E-state index in [9.17, 15) is 9.59 Å². The molecule has 0 aromatic heterocycles. The van der Waals surface area contributed by atoms with Crippen molar-refractivity contribution >= 4 is 27.9 Å². The van der Waals surface area contributed by atoms with E-state index in [-0.39, 0.29) is 12.0 Å². The van der Waals surface area contributed by atoms with Gasteiger partial charge >= 0.3 is 6.09 Å². The zero-order chi connectivity index (χ0) is 19.8. The number of rotatable bonds is 6. The van der Waals surface area contributed by atoms with Gasteiger partial charge in [0.05, 0.1) is 0 Å². The van der Waals surface area contributed by atoms with E-state index in [1.165, 1.54) is 0 Å². The highest BCUT2D eigenvalue weighted by atomic mass is 79.9. The van der Waals surface area contributed by atoms with E-state index < -0.39 is 0 Å². The summed E-state index contributed by atoms with van der Waals surface area (Å²) in [7, 11) is 0. The number of hydrogen-bond acceptors (Lipinski definition) is 3. The third kappa shape index (κ3) is 6.09. The Balaban J connectivity index is 1.34. The first-order valence-corrected chi connectivity index (χ1v) is 10.4. The van der Waals surface area contributed by atoms with Gasteiger partial charge in [-0.3, -0.25) is 4.79 Å². The van der Waals surface area contributed by atoms with E-state index in [0.717, 1.165) is 29.3 Å². The molecule has 1 fully saturated rings. The van der Waals surface area contributed by atoms with Gasteiger partial charge in [0.2, 0.25) is 5.91 Å². The highest BCUT2D eigenvalue weighted by Crippen LogP contribution is 2.19. The average Bonchev–Trinajstić information content (AvgIpc) is 2.73. The molecular formula is C22H25BrN2O3. The van der Waals surface area contributed by atoms with Crippen LogP contribution in [-0.2, 0) is 11.2 Å². The molecular weight excluding hydrogens is 420 g/mol. The Morgan fingerprint density at radius 2 is 1.71 bits per heavy atom. The molecule has 3 rings (SSSR count). The third-order valence-corrected chi connectivity index (χ3v) is 5.76. The Kier molecular flexibility index (Phi) is 7.48. The van der Waals surface area contributed by atoms with Crippen molar-refractivity contribution < 1.29 is 14.3 Å². The predicted octanol–water partition coefficient (Wildman–Crippen LogP) is 4.41. The van der Waals surface area contributed by atoms with E-state index >= 15 is 0 Å². The molecule has 0 radical (unpaired) electrons. The molecule has 0 atom stereocenters. The molecule has 0 bridgehead atoms. The minimum absolute atomic E-state index is 0.0710. The van der Waals surface area contributed by atoms with E-state index in [1.54, 1.807) is 17.0 Å². The number of ether oxygens (including phenoxy) is 1. The zero-order valence-electron chi connectivity index (χ0n) is 15.8. The lowest BCUT2D eigenvalue weighted by molar-refractivity contribution is -0.121. The number of carbonyl (C=O) groups is 2. The largest absolute Gasteiger partial charge is 0.415 e. The van der Waals surface area contributed by atoms with Crippen LogP contribution in [-0.4, -0.2) is 36.5 Å². The van der Waals surface area contributed by atoms with Crippen LogP contribution in [0.15, 0.2) is 59.1 Å². The van der Waals surface area contributed by atoms with Crippen molar-refractivity contribution in [3.05, 3.63) is 64.6 Å². The number of nitrogens with zero attached hydrogens (tertiary/aromatic N) is 1. The van der Waals surface area contributed by atoms with Gasteiger partial charge in [0.15, 0.2) is 0 Å². The second-order valence-electron chi connectivity index (χ2n) is 7.01. The van der Waals surface area contributed by atoms with Crippen LogP contribution in [0.4, 0.5) is 4.79 Å². The van der Waals surface area contributed by atoms with Crippen molar-refractivity contribution in [2.45, 2.75) is 25.7 Å². The molecule has 0 unspecified atom stereocenters. The monoisotopic (exact) mass is 444 g/mol. The molecule has 0 aliphatic carbocycles. The summed E-state index contributed by atoms with van der Waals surface area (Å²) in [4.78, 5) is 26.1. The van der Waals surface area contributed by atoms with Gasteiger partial charge < -0.3 is 15.0 Å². The topological polar surface area (TPSA) is 58.6 Å². The molecule has 2 amide bonds. The summed E-state index contributed by atoms with van der Waals surface area (Å²) in [5.41, 5.74) is 1.14. The fraction of sp³-hybridized carbons (Fsp3) is 0.364. The molecule has 28 heavy (non-hydrogen) atoms. The maximum Gasteiger partial charge on any atom is 0.415 e. The third-order valence-electron chi connectivity index (χ3n) is 4.99. The molecule has 1 N–H and O–H groups in total. The van der Waals surface area contributed by atoms with Crippen molar-refractivity contribution in [2.24, 2.45) is 5.92 Å². The van der Waals surface area contributed by atoms with E-state index in [0.29, 0.717) is 37.7 Å². The van der Waals surface area contributed by atoms with Gasteiger partial charge in [0, 0.05) is 30.5 Å². The van der Waals surface area contributed by atoms with Gasteiger partial charge in [0.25, 0.3) is 0 Å².